The van der Waals surface area contributed by atoms with Crippen LogP contribution in [0.3, 0.4) is 0 Å². The van der Waals surface area contributed by atoms with Crippen molar-refractivity contribution in [2.24, 2.45) is 0 Å². The highest BCUT2D eigenvalue weighted by Gasteiger charge is 2.14. The zero-order valence-electron chi connectivity index (χ0n) is 8.49. The van der Waals surface area contributed by atoms with Gasteiger partial charge in [-0.15, -0.1) is 0 Å². The van der Waals surface area contributed by atoms with Crippen LogP contribution < -0.4 is 5.32 Å². The van der Waals surface area contributed by atoms with Gasteiger partial charge in [-0.2, -0.15) is 0 Å². The molecule has 0 amide bonds. The van der Waals surface area contributed by atoms with Crippen LogP contribution in [0.4, 0.5) is 0 Å². The first-order valence-electron chi connectivity index (χ1n) is 4.50. The number of carboxylic acids is 1. The van der Waals surface area contributed by atoms with E-state index in [4.69, 9.17) is 5.11 Å². The maximum atomic E-state index is 11.3. The number of rotatable bonds is 7. The SMILES string of the molecule is CC(C)S(=O)(=O)CCNCCC(=O)O. The lowest BCUT2D eigenvalue weighted by Crippen LogP contribution is -2.28. The van der Waals surface area contributed by atoms with E-state index in [1.165, 1.54) is 0 Å². The summed E-state index contributed by atoms with van der Waals surface area (Å²) in [6.07, 6.45) is 0.0156. The normalized spacial score (nSPS) is 11.9. The molecule has 5 nitrogen and oxygen atoms in total. The predicted molar refractivity (Wildman–Crippen MR) is 54.0 cm³/mol. The van der Waals surface area contributed by atoms with Gasteiger partial charge in [0.1, 0.15) is 0 Å². The van der Waals surface area contributed by atoms with Crippen molar-refractivity contribution in [2.75, 3.05) is 18.8 Å². The lowest BCUT2D eigenvalue weighted by atomic mass is 10.4. The lowest BCUT2D eigenvalue weighted by molar-refractivity contribution is -0.136. The minimum absolute atomic E-state index is 0.0156. The number of carbonyl (C=O) groups is 1. The molecule has 0 bridgehead atoms. The quantitative estimate of drug-likeness (QED) is 0.588. The van der Waals surface area contributed by atoms with Crippen molar-refractivity contribution in [1.82, 2.24) is 5.32 Å². The van der Waals surface area contributed by atoms with Crippen LogP contribution in [0, 0.1) is 0 Å². The standard InChI is InChI=1S/C8H17NO4S/c1-7(2)14(12,13)6-5-9-4-3-8(10)11/h7,9H,3-6H2,1-2H3,(H,10,11). The van der Waals surface area contributed by atoms with E-state index in [0.29, 0.717) is 13.1 Å². The van der Waals surface area contributed by atoms with Crippen molar-refractivity contribution in [3.8, 4) is 0 Å². The van der Waals surface area contributed by atoms with Crippen molar-refractivity contribution in [2.45, 2.75) is 25.5 Å². The van der Waals surface area contributed by atoms with Crippen LogP contribution in [-0.4, -0.2) is 43.6 Å². The molecule has 0 aromatic heterocycles. The topological polar surface area (TPSA) is 83.5 Å². The summed E-state index contributed by atoms with van der Waals surface area (Å²) in [7, 11) is -3.01. The molecule has 0 saturated heterocycles. The van der Waals surface area contributed by atoms with Gasteiger partial charge in [-0.3, -0.25) is 4.79 Å². The van der Waals surface area contributed by atoms with E-state index < -0.39 is 15.8 Å². The molecule has 0 radical (unpaired) electrons. The summed E-state index contributed by atoms with van der Waals surface area (Å²) in [5.74, 6) is -0.825. The molecule has 0 rings (SSSR count). The number of nitrogens with one attached hydrogen (secondary N) is 1. The molecule has 0 heterocycles. The summed E-state index contributed by atoms with van der Waals surface area (Å²) in [4.78, 5) is 10.1. The monoisotopic (exact) mass is 223 g/mol. The fraction of sp³-hybridized carbons (Fsp3) is 0.875. The Morgan fingerprint density at radius 2 is 1.93 bits per heavy atom. The van der Waals surface area contributed by atoms with Crippen LogP contribution in [0.15, 0.2) is 0 Å². The second kappa shape index (κ2) is 5.98. The molecule has 0 aromatic carbocycles. The highest BCUT2D eigenvalue weighted by atomic mass is 32.2. The second-order valence-electron chi connectivity index (χ2n) is 3.31. The van der Waals surface area contributed by atoms with Gasteiger partial charge in [0.15, 0.2) is 9.84 Å². The molecule has 6 heteroatoms. The van der Waals surface area contributed by atoms with E-state index in [1.54, 1.807) is 13.8 Å². The van der Waals surface area contributed by atoms with Crippen molar-refractivity contribution in [1.29, 1.82) is 0 Å². The zero-order chi connectivity index (χ0) is 11.2. The third-order valence-electron chi connectivity index (χ3n) is 1.80. The second-order valence-corrected chi connectivity index (χ2v) is 5.99. The summed E-state index contributed by atoms with van der Waals surface area (Å²) in [5.41, 5.74) is 0. The maximum Gasteiger partial charge on any atom is 0.304 e. The van der Waals surface area contributed by atoms with Crippen molar-refractivity contribution in [3.05, 3.63) is 0 Å². The summed E-state index contributed by atoms with van der Waals surface area (Å²) < 4.78 is 22.5. The summed E-state index contributed by atoms with van der Waals surface area (Å²) >= 11 is 0. The Morgan fingerprint density at radius 3 is 2.36 bits per heavy atom. The van der Waals surface area contributed by atoms with Gasteiger partial charge in [-0.1, -0.05) is 0 Å². The Morgan fingerprint density at radius 1 is 1.36 bits per heavy atom. The minimum atomic E-state index is -3.01. The number of hydrogen-bond acceptors (Lipinski definition) is 4. The highest BCUT2D eigenvalue weighted by molar-refractivity contribution is 7.92. The molecule has 14 heavy (non-hydrogen) atoms. The first-order chi connectivity index (χ1) is 6.36. The van der Waals surface area contributed by atoms with E-state index in [1.807, 2.05) is 0 Å². The van der Waals surface area contributed by atoms with Crippen molar-refractivity contribution >= 4 is 15.8 Å². The van der Waals surface area contributed by atoms with Crippen molar-refractivity contribution in [3.63, 3.8) is 0 Å². The molecule has 84 valence electrons. The lowest BCUT2D eigenvalue weighted by Gasteiger charge is -2.07. The van der Waals surface area contributed by atoms with Gasteiger partial charge in [0.2, 0.25) is 0 Å². The van der Waals surface area contributed by atoms with Crippen LogP contribution >= 0.6 is 0 Å². The summed E-state index contributed by atoms with van der Waals surface area (Å²) in [6.45, 7) is 3.88. The van der Waals surface area contributed by atoms with Gasteiger partial charge in [-0.05, 0) is 13.8 Å². The minimum Gasteiger partial charge on any atom is -0.481 e. The number of aliphatic carboxylic acids is 1. The van der Waals surface area contributed by atoms with E-state index in [-0.39, 0.29) is 17.4 Å². The summed E-state index contributed by atoms with van der Waals surface area (Å²) in [5, 5.41) is 10.7. The van der Waals surface area contributed by atoms with Crippen LogP contribution in [0.1, 0.15) is 20.3 Å². The first kappa shape index (κ1) is 13.4. The van der Waals surface area contributed by atoms with Crippen LogP contribution in [0.2, 0.25) is 0 Å². The van der Waals surface area contributed by atoms with E-state index in [0.717, 1.165) is 0 Å². The fourth-order valence-electron chi connectivity index (χ4n) is 0.770. The third-order valence-corrected chi connectivity index (χ3v) is 4.01. The Kier molecular flexibility index (Phi) is 5.71. The molecule has 0 unspecified atom stereocenters. The van der Waals surface area contributed by atoms with E-state index >= 15 is 0 Å². The molecule has 0 aromatic rings. The molecule has 0 saturated carbocycles. The van der Waals surface area contributed by atoms with Gasteiger partial charge in [0.05, 0.1) is 17.4 Å². The summed E-state index contributed by atoms with van der Waals surface area (Å²) in [6, 6.07) is 0. The largest absolute Gasteiger partial charge is 0.481 e. The predicted octanol–water partition coefficient (Wildman–Crippen LogP) is -0.126. The molecule has 0 aliphatic carbocycles. The molecule has 2 N–H and O–H groups in total. The van der Waals surface area contributed by atoms with Crippen LogP contribution in [0.5, 0.6) is 0 Å². The van der Waals surface area contributed by atoms with Gasteiger partial charge in [-0.25, -0.2) is 8.42 Å². The Balaban J connectivity index is 3.60. The number of sulfone groups is 1. The Hall–Kier alpha value is -0.620. The average molecular weight is 223 g/mol. The molecule has 0 aliphatic heterocycles. The molecule has 0 spiro atoms. The van der Waals surface area contributed by atoms with Gasteiger partial charge in [0.25, 0.3) is 0 Å². The first-order valence-corrected chi connectivity index (χ1v) is 6.22. The average Bonchev–Trinajstić information content (AvgIpc) is 2.02. The molecular formula is C8H17NO4S. The molecular weight excluding hydrogens is 206 g/mol. The van der Waals surface area contributed by atoms with Crippen LogP contribution in [0.25, 0.3) is 0 Å². The Bertz CT molecular complexity index is 271. The van der Waals surface area contributed by atoms with E-state index in [9.17, 15) is 13.2 Å². The molecule has 0 atom stereocenters. The third kappa shape index (κ3) is 5.93. The molecule has 0 fully saturated rings. The Labute approximate surface area is 84.4 Å². The van der Waals surface area contributed by atoms with E-state index in [2.05, 4.69) is 5.32 Å². The zero-order valence-corrected chi connectivity index (χ0v) is 9.30. The van der Waals surface area contributed by atoms with Crippen molar-refractivity contribution < 1.29 is 18.3 Å². The smallest absolute Gasteiger partial charge is 0.304 e. The van der Waals surface area contributed by atoms with Crippen LogP contribution in [-0.2, 0) is 14.6 Å². The van der Waals surface area contributed by atoms with Gasteiger partial charge < -0.3 is 10.4 Å². The fourth-order valence-corrected chi connectivity index (χ4v) is 1.67. The number of carboxylic acid groups (broad SMARTS) is 1. The highest BCUT2D eigenvalue weighted by Crippen LogP contribution is 1.98. The van der Waals surface area contributed by atoms with Gasteiger partial charge in [0, 0.05) is 13.1 Å². The number of hydrogen-bond donors (Lipinski definition) is 2. The van der Waals surface area contributed by atoms with Gasteiger partial charge >= 0.3 is 5.97 Å². The molecule has 0 aliphatic rings. The maximum absolute atomic E-state index is 11.3.